The second-order valence-corrected chi connectivity index (χ2v) is 5.17. The van der Waals surface area contributed by atoms with Gasteiger partial charge in [0.2, 0.25) is 0 Å². The first-order valence-electron chi connectivity index (χ1n) is 7.74. The normalized spacial score (nSPS) is 10.1. The lowest BCUT2D eigenvalue weighted by molar-refractivity contribution is 0.0948. The molecule has 0 saturated heterocycles. The Balaban J connectivity index is 1.97. The van der Waals surface area contributed by atoms with Crippen LogP contribution in [-0.4, -0.2) is 36.1 Å². The van der Waals surface area contributed by atoms with E-state index in [-0.39, 0.29) is 5.91 Å². The van der Waals surface area contributed by atoms with Crippen LogP contribution in [-0.2, 0) is 6.42 Å². The molecule has 0 spiro atoms. The largest absolute Gasteiger partial charge is 0.496 e. The molecule has 6 heteroatoms. The number of methoxy groups -OCH3 is 1. The number of nitrogens with one attached hydrogen (secondary N) is 2. The molecule has 0 saturated carbocycles. The number of nitrogens with zero attached hydrogens (tertiary/aromatic N) is 2. The van der Waals surface area contributed by atoms with Crippen molar-refractivity contribution >= 4 is 11.7 Å². The molecule has 0 aliphatic rings. The SMILES string of the molecule is C=CCNc1cc(C(=O)NCCc2ccccc2OC)nc(C)n1. The van der Waals surface area contributed by atoms with E-state index in [0.717, 1.165) is 11.3 Å². The van der Waals surface area contributed by atoms with Gasteiger partial charge in [-0.3, -0.25) is 4.79 Å². The van der Waals surface area contributed by atoms with Crippen molar-refractivity contribution in [2.45, 2.75) is 13.3 Å². The van der Waals surface area contributed by atoms with Crippen molar-refractivity contribution in [1.29, 1.82) is 0 Å². The van der Waals surface area contributed by atoms with Gasteiger partial charge in [-0.2, -0.15) is 0 Å². The standard InChI is InChI=1S/C18H22N4O2/c1-4-10-19-17-12-15(21-13(2)22-17)18(23)20-11-9-14-7-5-6-8-16(14)24-3/h4-8,12H,1,9-11H2,2-3H3,(H,20,23)(H,19,21,22). The van der Waals surface area contributed by atoms with Crippen LogP contribution in [0, 0.1) is 6.92 Å². The van der Waals surface area contributed by atoms with E-state index in [1.54, 1.807) is 26.2 Å². The zero-order valence-electron chi connectivity index (χ0n) is 14.0. The van der Waals surface area contributed by atoms with Crippen molar-refractivity contribution in [3.63, 3.8) is 0 Å². The summed E-state index contributed by atoms with van der Waals surface area (Å²) < 4.78 is 5.31. The Labute approximate surface area is 142 Å². The third-order valence-corrected chi connectivity index (χ3v) is 3.37. The predicted octanol–water partition coefficient (Wildman–Crippen LogP) is 2.36. The highest BCUT2D eigenvalue weighted by Gasteiger charge is 2.10. The summed E-state index contributed by atoms with van der Waals surface area (Å²) >= 11 is 0. The smallest absolute Gasteiger partial charge is 0.270 e. The minimum Gasteiger partial charge on any atom is -0.496 e. The van der Waals surface area contributed by atoms with Crippen LogP contribution < -0.4 is 15.4 Å². The second-order valence-electron chi connectivity index (χ2n) is 5.17. The highest BCUT2D eigenvalue weighted by Crippen LogP contribution is 2.17. The molecule has 0 fully saturated rings. The van der Waals surface area contributed by atoms with Crippen molar-refractivity contribution in [1.82, 2.24) is 15.3 Å². The van der Waals surface area contributed by atoms with Gasteiger partial charge in [-0.05, 0) is 25.0 Å². The van der Waals surface area contributed by atoms with E-state index >= 15 is 0 Å². The number of hydrogen-bond donors (Lipinski definition) is 2. The molecule has 24 heavy (non-hydrogen) atoms. The zero-order valence-corrected chi connectivity index (χ0v) is 14.0. The summed E-state index contributed by atoms with van der Waals surface area (Å²) in [5.74, 6) is 1.74. The minimum atomic E-state index is -0.225. The fraction of sp³-hybridized carbons (Fsp3) is 0.278. The lowest BCUT2D eigenvalue weighted by Gasteiger charge is -2.10. The molecule has 2 N–H and O–H groups in total. The first-order valence-corrected chi connectivity index (χ1v) is 7.74. The monoisotopic (exact) mass is 326 g/mol. The average molecular weight is 326 g/mol. The molecule has 0 radical (unpaired) electrons. The summed E-state index contributed by atoms with van der Waals surface area (Å²) in [7, 11) is 1.64. The number of benzene rings is 1. The summed E-state index contributed by atoms with van der Waals surface area (Å²) in [6.07, 6.45) is 2.41. The third-order valence-electron chi connectivity index (χ3n) is 3.37. The van der Waals surface area contributed by atoms with Crippen molar-refractivity contribution < 1.29 is 9.53 Å². The number of carbonyl (C=O) groups is 1. The van der Waals surface area contributed by atoms with Crippen LogP contribution in [0.15, 0.2) is 43.0 Å². The van der Waals surface area contributed by atoms with Crippen LogP contribution in [0.2, 0.25) is 0 Å². The molecular weight excluding hydrogens is 304 g/mol. The van der Waals surface area contributed by atoms with Crippen LogP contribution in [0.5, 0.6) is 5.75 Å². The number of anilines is 1. The van der Waals surface area contributed by atoms with Gasteiger partial charge in [-0.15, -0.1) is 6.58 Å². The van der Waals surface area contributed by atoms with Crippen molar-refractivity contribution in [2.75, 3.05) is 25.5 Å². The van der Waals surface area contributed by atoms with E-state index in [4.69, 9.17) is 4.74 Å². The third kappa shape index (κ3) is 4.81. The van der Waals surface area contributed by atoms with Gasteiger partial charge < -0.3 is 15.4 Å². The van der Waals surface area contributed by atoms with E-state index in [9.17, 15) is 4.79 Å². The predicted molar refractivity (Wildman–Crippen MR) is 94.5 cm³/mol. The molecule has 0 aliphatic carbocycles. The Morgan fingerprint density at radius 1 is 1.33 bits per heavy atom. The molecule has 6 nitrogen and oxygen atoms in total. The fourth-order valence-electron chi connectivity index (χ4n) is 2.26. The van der Waals surface area contributed by atoms with E-state index in [1.165, 1.54) is 0 Å². The van der Waals surface area contributed by atoms with Crippen LogP contribution in [0.3, 0.4) is 0 Å². The highest BCUT2D eigenvalue weighted by molar-refractivity contribution is 5.92. The van der Waals surface area contributed by atoms with Gasteiger partial charge in [0.05, 0.1) is 7.11 Å². The Morgan fingerprint density at radius 2 is 2.12 bits per heavy atom. The average Bonchev–Trinajstić information content (AvgIpc) is 2.59. The van der Waals surface area contributed by atoms with Gasteiger partial charge in [0.15, 0.2) is 0 Å². The highest BCUT2D eigenvalue weighted by atomic mass is 16.5. The maximum atomic E-state index is 12.3. The topological polar surface area (TPSA) is 76.1 Å². The quantitative estimate of drug-likeness (QED) is 0.728. The summed E-state index contributed by atoms with van der Waals surface area (Å²) in [5.41, 5.74) is 1.39. The second kappa shape index (κ2) is 8.67. The summed E-state index contributed by atoms with van der Waals surface area (Å²) in [6, 6.07) is 9.39. The number of aromatic nitrogens is 2. The zero-order chi connectivity index (χ0) is 17.4. The molecule has 0 bridgehead atoms. The van der Waals surface area contributed by atoms with E-state index in [1.807, 2.05) is 24.3 Å². The lowest BCUT2D eigenvalue weighted by Crippen LogP contribution is -2.27. The van der Waals surface area contributed by atoms with E-state index in [0.29, 0.717) is 36.8 Å². The van der Waals surface area contributed by atoms with Gasteiger partial charge in [0.1, 0.15) is 23.1 Å². The van der Waals surface area contributed by atoms with Crippen molar-refractivity contribution in [3.8, 4) is 5.75 Å². The maximum absolute atomic E-state index is 12.3. The fourth-order valence-corrected chi connectivity index (χ4v) is 2.26. The first kappa shape index (κ1) is 17.5. The molecule has 2 rings (SSSR count). The minimum absolute atomic E-state index is 0.225. The van der Waals surface area contributed by atoms with Gasteiger partial charge in [-0.1, -0.05) is 24.3 Å². The molecule has 1 amide bonds. The van der Waals surface area contributed by atoms with Gasteiger partial charge in [-0.25, -0.2) is 9.97 Å². The lowest BCUT2D eigenvalue weighted by atomic mass is 10.1. The molecule has 2 aromatic rings. The number of rotatable bonds is 8. The number of amides is 1. The van der Waals surface area contributed by atoms with E-state index in [2.05, 4.69) is 27.2 Å². The Kier molecular flexibility index (Phi) is 6.31. The molecule has 1 aromatic carbocycles. The van der Waals surface area contributed by atoms with Crippen LogP contribution >= 0.6 is 0 Å². The Bertz CT molecular complexity index is 716. The molecule has 1 heterocycles. The van der Waals surface area contributed by atoms with Crippen LogP contribution in [0.25, 0.3) is 0 Å². The molecule has 0 unspecified atom stereocenters. The molecule has 0 atom stereocenters. The van der Waals surface area contributed by atoms with Crippen LogP contribution in [0.4, 0.5) is 5.82 Å². The van der Waals surface area contributed by atoms with Crippen LogP contribution in [0.1, 0.15) is 21.9 Å². The van der Waals surface area contributed by atoms with Gasteiger partial charge >= 0.3 is 0 Å². The first-order chi connectivity index (χ1) is 11.6. The van der Waals surface area contributed by atoms with Crippen molar-refractivity contribution in [3.05, 3.63) is 60.1 Å². The van der Waals surface area contributed by atoms with Gasteiger partial charge in [0.25, 0.3) is 5.91 Å². The number of aryl methyl sites for hydroxylation is 1. The van der Waals surface area contributed by atoms with Gasteiger partial charge in [0, 0.05) is 19.2 Å². The van der Waals surface area contributed by atoms with Crippen molar-refractivity contribution in [2.24, 2.45) is 0 Å². The van der Waals surface area contributed by atoms with E-state index < -0.39 is 0 Å². The number of carbonyl (C=O) groups excluding carboxylic acids is 1. The molecule has 1 aromatic heterocycles. The number of ether oxygens (including phenoxy) is 1. The Hall–Kier alpha value is -2.89. The molecule has 0 aliphatic heterocycles. The number of para-hydroxylation sites is 1. The number of hydrogen-bond acceptors (Lipinski definition) is 5. The molecular formula is C18H22N4O2. The maximum Gasteiger partial charge on any atom is 0.270 e. The summed E-state index contributed by atoms with van der Waals surface area (Å²) in [4.78, 5) is 20.7. The summed E-state index contributed by atoms with van der Waals surface area (Å²) in [6.45, 7) is 6.47. The summed E-state index contributed by atoms with van der Waals surface area (Å²) in [5, 5.41) is 5.94. The molecule has 126 valence electrons. The Morgan fingerprint density at radius 3 is 2.88 bits per heavy atom.